The number of pyridine rings is 1. The molecule has 1 aromatic heterocycles. The van der Waals surface area contributed by atoms with Gasteiger partial charge < -0.3 is 24.8 Å². The van der Waals surface area contributed by atoms with Crippen molar-refractivity contribution in [2.45, 2.75) is 26.2 Å². The van der Waals surface area contributed by atoms with E-state index in [0.717, 1.165) is 44.1 Å². The number of morpholine rings is 1. The molecule has 7 nitrogen and oxygen atoms in total. The molecule has 0 aromatic carbocycles. The number of carbonyl (C=O) groups is 1. The minimum absolute atomic E-state index is 0.0450. The van der Waals surface area contributed by atoms with Crippen molar-refractivity contribution in [2.24, 2.45) is 0 Å². The lowest BCUT2D eigenvalue weighted by Gasteiger charge is -2.30. The minimum Gasteiger partial charge on any atom is -0.378 e. The second-order valence-corrected chi connectivity index (χ2v) is 6.89. The first-order chi connectivity index (χ1) is 12.8. The molecule has 0 unspecified atom stereocenters. The van der Waals surface area contributed by atoms with E-state index >= 15 is 0 Å². The van der Waals surface area contributed by atoms with E-state index in [4.69, 9.17) is 4.74 Å². The van der Waals surface area contributed by atoms with Crippen LogP contribution in [0.2, 0.25) is 0 Å². The highest BCUT2D eigenvalue weighted by molar-refractivity contribution is 5.92. The van der Waals surface area contributed by atoms with Crippen molar-refractivity contribution >= 4 is 17.5 Å². The van der Waals surface area contributed by atoms with Gasteiger partial charge in [0, 0.05) is 32.4 Å². The molecule has 0 bridgehead atoms. The molecule has 7 heteroatoms. The van der Waals surface area contributed by atoms with Gasteiger partial charge in [0.05, 0.1) is 18.9 Å². The second kappa shape index (κ2) is 9.73. The average Bonchev–Trinajstić information content (AvgIpc) is 3.20. The molecule has 2 saturated heterocycles. The Hall–Kier alpha value is -1.86. The van der Waals surface area contributed by atoms with E-state index in [1.165, 1.54) is 25.9 Å². The van der Waals surface area contributed by atoms with Crippen LogP contribution in [0.4, 0.5) is 16.3 Å². The molecule has 144 valence electrons. The van der Waals surface area contributed by atoms with Crippen LogP contribution in [0.25, 0.3) is 0 Å². The van der Waals surface area contributed by atoms with Crippen LogP contribution in [0.15, 0.2) is 18.3 Å². The van der Waals surface area contributed by atoms with Crippen LogP contribution < -0.4 is 10.2 Å². The zero-order chi connectivity index (χ0) is 18.2. The number of hydrogen-bond acceptors (Lipinski definition) is 5. The Balaban J connectivity index is 1.55. The highest BCUT2D eigenvalue weighted by Gasteiger charge is 2.19. The number of amides is 2. The number of carbonyl (C=O) groups excluding carboxylic acids is 1. The van der Waals surface area contributed by atoms with Crippen LogP contribution in [0.5, 0.6) is 0 Å². The van der Waals surface area contributed by atoms with Gasteiger partial charge in [-0.25, -0.2) is 9.78 Å². The van der Waals surface area contributed by atoms with E-state index in [1.54, 1.807) is 6.20 Å². The summed E-state index contributed by atoms with van der Waals surface area (Å²) in [5.41, 5.74) is 0.775. The van der Waals surface area contributed by atoms with Gasteiger partial charge in [-0.15, -0.1) is 0 Å². The molecule has 3 rings (SSSR count). The summed E-state index contributed by atoms with van der Waals surface area (Å²) in [4.78, 5) is 23.8. The zero-order valence-corrected chi connectivity index (χ0v) is 15.8. The fourth-order valence-corrected chi connectivity index (χ4v) is 3.61. The number of urea groups is 1. The summed E-state index contributed by atoms with van der Waals surface area (Å²) in [5.74, 6) is 0.831. The number of nitrogens with zero attached hydrogens (tertiary/aromatic N) is 4. The molecule has 0 saturated carbocycles. The smallest absolute Gasteiger partial charge is 0.321 e. The van der Waals surface area contributed by atoms with E-state index in [-0.39, 0.29) is 6.03 Å². The number of hydrogen-bond donors (Lipinski definition) is 1. The van der Waals surface area contributed by atoms with Crippen LogP contribution in [-0.2, 0) is 4.74 Å². The van der Waals surface area contributed by atoms with Crippen molar-refractivity contribution in [2.75, 3.05) is 69.2 Å². The second-order valence-electron chi connectivity index (χ2n) is 6.89. The average molecular weight is 361 g/mol. The van der Waals surface area contributed by atoms with E-state index in [1.807, 2.05) is 24.0 Å². The van der Waals surface area contributed by atoms with E-state index in [0.29, 0.717) is 19.8 Å². The van der Waals surface area contributed by atoms with Crippen LogP contribution in [-0.4, -0.2) is 79.8 Å². The van der Waals surface area contributed by atoms with Gasteiger partial charge in [0.25, 0.3) is 0 Å². The molecular weight excluding hydrogens is 330 g/mol. The zero-order valence-electron chi connectivity index (χ0n) is 15.8. The first-order valence-electron chi connectivity index (χ1n) is 9.84. The molecule has 1 N–H and O–H groups in total. The fourth-order valence-electron chi connectivity index (χ4n) is 3.61. The lowest BCUT2D eigenvalue weighted by atomic mass is 10.3. The van der Waals surface area contributed by atoms with Crippen molar-refractivity contribution < 1.29 is 9.53 Å². The Bertz CT molecular complexity index is 571. The summed E-state index contributed by atoms with van der Waals surface area (Å²) in [6, 6.07) is 3.74. The normalized spacial score (nSPS) is 18.1. The van der Waals surface area contributed by atoms with Gasteiger partial charge in [0.1, 0.15) is 0 Å². The number of likely N-dealkylation sites (tertiary alicyclic amines) is 1. The maximum atomic E-state index is 12.7. The predicted molar refractivity (Wildman–Crippen MR) is 104 cm³/mol. The molecule has 26 heavy (non-hydrogen) atoms. The molecule has 0 spiro atoms. The molecule has 1 aromatic rings. The number of aromatic nitrogens is 1. The number of anilines is 2. The highest BCUT2D eigenvalue weighted by atomic mass is 16.5. The monoisotopic (exact) mass is 361 g/mol. The van der Waals surface area contributed by atoms with Gasteiger partial charge in [0.15, 0.2) is 5.82 Å². The molecule has 2 aliphatic heterocycles. The number of rotatable bonds is 7. The summed E-state index contributed by atoms with van der Waals surface area (Å²) in [6.07, 6.45) is 5.41. The Labute approximate surface area is 156 Å². The first kappa shape index (κ1) is 18.9. The Kier molecular flexibility index (Phi) is 7.08. The Morgan fingerprint density at radius 3 is 2.77 bits per heavy atom. The van der Waals surface area contributed by atoms with E-state index in [9.17, 15) is 4.79 Å². The standard InChI is InChI=1S/C19H31N5O2/c1-2-23(12-6-11-22-9-3-4-10-22)19(25)21-17-7-5-8-20-18(17)24-13-15-26-16-14-24/h5,7-8H,2-4,6,9-16H2,1H3,(H,21,25). The lowest BCUT2D eigenvalue weighted by molar-refractivity contribution is 0.122. The summed E-state index contributed by atoms with van der Waals surface area (Å²) >= 11 is 0. The lowest BCUT2D eigenvalue weighted by Crippen LogP contribution is -2.39. The minimum atomic E-state index is -0.0450. The highest BCUT2D eigenvalue weighted by Crippen LogP contribution is 2.23. The van der Waals surface area contributed by atoms with E-state index in [2.05, 4.69) is 20.1 Å². The van der Waals surface area contributed by atoms with Crippen molar-refractivity contribution in [1.82, 2.24) is 14.8 Å². The van der Waals surface area contributed by atoms with Crippen LogP contribution in [0, 0.1) is 0 Å². The van der Waals surface area contributed by atoms with Crippen molar-refractivity contribution in [3.63, 3.8) is 0 Å². The molecule has 0 aliphatic carbocycles. The Morgan fingerprint density at radius 2 is 2.04 bits per heavy atom. The third kappa shape index (κ3) is 5.08. The number of nitrogens with one attached hydrogen (secondary N) is 1. The maximum absolute atomic E-state index is 12.7. The van der Waals surface area contributed by atoms with Crippen LogP contribution >= 0.6 is 0 Å². The fraction of sp³-hybridized carbons (Fsp3) is 0.684. The number of ether oxygens (including phenoxy) is 1. The molecule has 0 atom stereocenters. The van der Waals surface area contributed by atoms with Gasteiger partial charge >= 0.3 is 6.03 Å². The van der Waals surface area contributed by atoms with Gasteiger partial charge in [0.2, 0.25) is 0 Å². The SMILES string of the molecule is CCN(CCCN1CCCC1)C(=O)Nc1cccnc1N1CCOCC1. The van der Waals surface area contributed by atoms with E-state index < -0.39 is 0 Å². The molecule has 3 heterocycles. The molecule has 2 aliphatic rings. The first-order valence-corrected chi connectivity index (χ1v) is 9.84. The third-order valence-electron chi connectivity index (χ3n) is 5.11. The molecular formula is C19H31N5O2. The third-order valence-corrected chi connectivity index (χ3v) is 5.11. The van der Waals surface area contributed by atoms with Crippen molar-refractivity contribution in [3.8, 4) is 0 Å². The summed E-state index contributed by atoms with van der Waals surface area (Å²) in [7, 11) is 0. The van der Waals surface area contributed by atoms with Crippen LogP contribution in [0.1, 0.15) is 26.2 Å². The van der Waals surface area contributed by atoms with Crippen molar-refractivity contribution in [1.29, 1.82) is 0 Å². The van der Waals surface area contributed by atoms with Gasteiger partial charge in [-0.1, -0.05) is 0 Å². The molecule has 2 amide bonds. The van der Waals surface area contributed by atoms with Gasteiger partial charge in [-0.3, -0.25) is 0 Å². The van der Waals surface area contributed by atoms with Gasteiger partial charge in [-0.2, -0.15) is 0 Å². The molecule has 0 radical (unpaired) electrons. The molecule has 2 fully saturated rings. The van der Waals surface area contributed by atoms with Gasteiger partial charge in [-0.05, 0) is 58.0 Å². The summed E-state index contributed by atoms with van der Waals surface area (Å²) < 4.78 is 5.42. The Morgan fingerprint density at radius 1 is 1.27 bits per heavy atom. The predicted octanol–water partition coefficient (Wildman–Crippen LogP) is 2.26. The van der Waals surface area contributed by atoms with Crippen molar-refractivity contribution in [3.05, 3.63) is 18.3 Å². The summed E-state index contributed by atoms with van der Waals surface area (Å²) in [6.45, 7) is 10.00. The quantitative estimate of drug-likeness (QED) is 0.807. The maximum Gasteiger partial charge on any atom is 0.321 e. The van der Waals surface area contributed by atoms with Crippen LogP contribution in [0.3, 0.4) is 0 Å². The largest absolute Gasteiger partial charge is 0.378 e. The summed E-state index contributed by atoms with van der Waals surface area (Å²) in [5, 5.41) is 3.07. The topological polar surface area (TPSA) is 60.9 Å².